The molecule has 0 rings (SSSR count). The summed E-state index contributed by atoms with van der Waals surface area (Å²) in [4.78, 5) is 10.9. The van der Waals surface area contributed by atoms with Gasteiger partial charge in [-0.1, -0.05) is 58.3 Å². The van der Waals surface area contributed by atoms with Gasteiger partial charge >= 0.3 is 5.97 Å². The van der Waals surface area contributed by atoms with Crippen molar-refractivity contribution in [1.29, 1.82) is 0 Å². The number of hydrogen-bond acceptors (Lipinski definition) is 4. The number of rotatable bonds is 16. The number of methoxy groups -OCH3 is 1. The second kappa shape index (κ2) is 16.3. The fourth-order valence-electron chi connectivity index (χ4n) is 2.76. The van der Waals surface area contributed by atoms with E-state index < -0.39 is 0 Å². The Morgan fingerprint density at radius 2 is 1.26 bits per heavy atom. The summed E-state index contributed by atoms with van der Waals surface area (Å²) in [6.07, 6.45) is 13.0. The first-order chi connectivity index (χ1) is 11.1. The maximum Gasteiger partial charge on any atom is 0.305 e. The average Bonchev–Trinajstić information content (AvgIpc) is 2.55. The molecule has 0 aliphatic carbocycles. The summed E-state index contributed by atoms with van der Waals surface area (Å²) in [6, 6.07) is 0. The highest BCUT2D eigenvalue weighted by molar-refractivity contribution is 5.68. The average molecular weight is 331 g/mol. The van der Waals surface area contributed by atoms with E-state index in [-0.39, 0.29) is 18.2 Å². The second-order valence-corrected chi connectivity index (χ2v) is 6.62. The van der Waals surface area contributed by atoms with E-state index in [2.05, 4.69) is 11.7 Å². The van der Waals surface area contributed by atoms with Gasteiger partial charge in [-0.25, -0.2) is 0 Å². The monoisotopic (exact) mass is 330 g/mol. The smallest absolute Gasteiger partial charge is 0.305 e. The first-order valence-electron chi connectivity index (χ1n) is 9.53. The Balaban J connectivity index is 3.36. The van der Waals surface area contributed by atoms with Crippen molar-refractivity contribution in [3.05, 3.63) is 0 Å². The maximum atomic E-state index is 10.9. The molecule has 0 aromatic heterocycles. The highest BCUT2D eigenvalue weighted by atomic mass is 16.5. The third-order valence-corrected chi connectivity index (χ3v) is 4.37. The molecule has 0 aromatic carbocycles. The van der Waals surface area contributed by atoms with Crippen molar-refractivity contribution in [2.24, 2.45) is 0 Å². The number of hydrogen-bond donors (Lipinski definition) is 2. The summed E-state index contributed by atoms with van der Waals surface area (Å²) in [5, 5.41) is 19.8. The zero-order valence-corrected chi connectivity index (χ0v) is 15.3. The molecule has 0 fully saturated rings. The molecule has 0 saturated carbocycles. The second-order valence-electron chi connectivity index (χ2n) is 6.62. The van der Waals surface area contributed by atoms with Crippen LogP contribution in [0.4, 0.5) is 0 Å². The van der Waals surface area contributed by atoms with Gasteiger partial charge in [-0.15, -0.1) is 0 Å². The molecule has 4 heteroatoms. The van der Waals surface area contributed by atoms with Gasteiger partial charge in [-0.05, 0) is 32.1 Å². The summed E-state index contributed by atoms with van der Waals surface area (Å²) >= 11 is 0. The van der Waals surface area contributed by atoms with E-state index >= 15 is 0 Å². The summed E-state index contributed by atoms with van der Waals surface area (Å²) in [5.41, 5.74) is 0. The lowest BCUT2D eigenvalue weighted by atomic mass is 10.0. The fraction of sp³-hybridized carbons (Fsp3) is 0.947. The Labute approximate surface area is 142 Å². The third-order valence-electron chi connectivity index (χ3n) is 4.37. The van der Waals surface area contributed by atoms with Crippen LogP contribution in [0.2, 0.25) is 0 Å². The zero-order valence-electron chi connectivity index (χ0n) is 15.3. The third kappa shape index (κ3) is 16.0. The lowest BCUT2D eigenvalue weighted by molar-refractivity contribution is -0.140. The van der Waals surface area contributed by atoms with Crippen LogP contribution >= 0.6 is 0 Å². The molecule has 0 spiro atoms. The minimum atomic E-state index is -0.282. The normalized spacial score (nSPS) is 13.7. The minimum absolute atomic E-state index is 0.131. The Morgan fingerprint density at radius 1 is 0.783 bits per heavy atom. The molecular weight excluding hydrogens is 292 g/mol. The number of aliphatic hydroxyl groups excluding tert-OH is 2. The number of aliphatic hydroxyl groups is 2. The number of ether oxygens (including phenoxy) is 1. The largest absolute Gasteiger partial charge is 0.469 e. The molecule has 0 aliphatic rings. The van der Waals surface area contributed by atoms with Crippen LogP contribution in [0.5, 0.6) is 0 Å². The number of carbonyl (C=O) groups excluding carboxylic acids is 1. The van der Waals surface area contributed by atoms with Crippen molar-refractivity contribution in [3.8, 4) is 0 Å². The molecule has 0 saturated heterocycles. The molecule has 0 amide bonds. The minimum Gasteiger partial charge on any atom is -0.469 e. The number of esters is 1. The van der Waals surface area contributed by atoms with Gasteiger partial charge < -0.3 is 14.9 Å². The van der Waals surface area contributed by atoms with Crippen molar-refractivity contribution >= 4 is 5.97 Å². The molecule has 2 unspecified atom stereocenters. The molecule has 0 aromatic rings. The summed E-state index contributed by atoms with van der Waals surface area (Å²) < 4.78 is 4.60. The molecule has 2 atom stereocenters. The zero-order chi connectivity index (χ0) is 17.3. The SMILES string of the molecule is CCCCCCC(O)CCC(O)CCCCCCCC(=O)OC. The van der Waals surface area contributed by atoms with E-state index in [1.807, 2.05) is 0 Å². The van der Waals surface area contributed by atoms with E-state index in [1.54, 1.807) is 0 Å². The van der Waals surface area contributed by atoms with Gasteiger partial charge in [-0.2, -0.15) is 0 Å². The predicted octanol–water partition coefficient (Wildman–Crippen LogP) is 4.36. The molecule has 0 aliphatic heterocycles. The van der Waals surface area contributed by atoms with Crippen LogP contribution in [-0.4, -0.2) is 35.5 Å². The van der Waals surface area contributed by atoms with Crippen LogP contribution in [0, 0.1) is 0 Å². The molecule has 2 N–H and O–H groups in total. The summed E-state index contributed by atoms with van der Waals surface area (Å²) in [7, 11) is 1.42. The van der Waals surface area contributed by atoms with Gasteiger partial charge in [0.15, 0.2) is 0 Å². The fourth-order valence-corrected chi connectivity index (χ4v) is 2.76. The first-order valence-corrected chi connectivity index (χ1v) is 9.53. The van der Waals surface area contributed by atoms with Gasteiger partial charge in [0.25, 0.3) is 0 Å². The molecule has 23 heavy (non-hydrogen) atoms. The van der Waals surface area contributed by atoms with Gasteiger partial charge in [0.1, 0.15) is 0 Å². The molecule has 138 valence electrons. The predicted molar refractivity (Wildman–Crippen MR) is 94.3 cm³/mol. The van der Waals surface area contributed by atoms with Gasteiger partial charge in [-0.3, -0.25) is 4.79 Å². The van der Waals surface area contributed by atoms with Crippen LogP contribution in [0.25, 0.3) is 0 Å². The Kier molecular flexibility index (Phi) is 15.8. The number of unbranched alkanes of at least 4 members (excludes halogenated alkanes) is 7. The Hall–Kier alpha value is -0.610. The Bertz CT molecular complexity index is 268. The van der Waals surface area contributed by atoms with Crippen LogP contribution in [-0.2, 0) is 9.53 Å². The van der Waals surface area contributed by atoms with E-state index in [0.717, 1.165) is 51.4 Å². The van der Waals surface area contributed by atoms with Crippen LogP contribution in [0.3, 0.4) is 0 Å². The van der Waals surface area contributed by atoms with E-state index in [1.165, 1.54) is 26.4 Å². The first kappa shape index (κ1) is 22.4. The van der Waals surface area contributed by atoms with Gasteiger partial charge in [0, 0.05) is 6.42 Å². The van der Waals surface area contributed by atoms with Crippen molar-refractivity contribution in [2.45, 2.75) is 109 Å². The van der Waals surface area contributed by atoms with Crippen molar-refractivity contribution in [1.82, 2.24) is 0 Å². The van der Waals surface area contributed by atoms with Crippen LogP contribution < -0.4 is 0 Å². The summed E-state index contributed by atoms with van der Waals surface area (Å²) in [6.45, 7) is 2.19. The van der Waals surface area contributed by atoms with Crippen molar-refractivity contribution < 1.29 is 19.7 Å². The lowest BCUT2D eigenvalue weighted by Gasteiger charge is -2.14. The Morgan fingerprint density at radius 3 is 1.78 bits per heavy atom. The number of carbonyl (C=O) groups is 1. The highest BCUT2D eigenvalue weighted by Crippen LogP contribution is 2.15. The standard InChI is InChI=1S/C19H38O4/c1-3-4-5-9-12-17(20)15-16-18(21)13-10-7-6-8-11-14-19(22)23-2/h17-18,20-21H,3-16H2,1-2H3. The van der Waals surface area contributed by atoms with Gasteiger partial charge in [0.05, 0.1) is 19.3 Å². The highest BCUT2D eigenvalue weighted by Gasteiger charge is 2.09. The quantitative estimate of drug-likeness (QED) is 0.326. The maximum absolute atomic E-state index is 10.9. The lowest BCUT2D eigenvalue weighted by Crippen LogP contribution is -2.13. The van der Waals surface area contributed by atoms with Crippen molar-refractivity contribution in [2.75, 3.05) is 7.11 Å². The molecule has 0 radical (unpaired) electrons. The van der Waals surface area contributed by atoms with Gasteiger partial charge in [0.2, 0.25) is 0 Å². The van der Waals surface area contributed by atoms with E-state index in [0.29, 0.717) is 19.3 Å². The molecular formula is C19H38O4. The molecule has 0 heterocycles. The van der Waals surface area contributed by atoms with E-state index in [9.17, 15) is 15.0 Å². The molecule has 0 bridgehead atoms. The topological polar surface area (TPSA) is 66.8 Å². The van der Waals surface area contributed by atoms with Crippen LogP contribution in [0.1, 0.15) is 96.8 Å². The molecule has 4 nitrogen and oxygen atoms in total. The van der Waals surface area contributed by atoms with Crippen molar-refractivity contribution in [3.63, 3.8) is 0 Å². The van der Waals surface area contributed by atoms with E-state index in [4.69, 9.17) is 0 Å². The van der Waals surface area contributed by atoms with Crippen LogP contribution in [0.15, 0.2) is 0 Å². The summed E-state index contributed by atoms with van der Waals surface area (Å²) in [5.74, 6) is -0.131.